The molecule has 0 fully saturated rings. The maximum atomic E-state index is 12.9. The number of nitrogens with two attached hydrogens (primary N) is 1. The summed E-state index contributed by atoms with van der Waals surface area (Å²) in [5, 5.41) is 0. The van der Waals surface area contributed by atoms with Gasteiger partial charge in [0.2, 0.25) is 10.0 Å². The fraction of sp³-hybridized carbons (Fsp3) is 0.400. The summed E-state index contributed by atoms with van der Waals surface area (Å²) in [6.45, 7) is 2.26. The third-order valence-electron chi connectivity index (χ3n) is 2.23. The van der Waals surface area contributed by atoms with Crippen molar-refractivity contribution in [1.82, 2.24) is 4.72 Å². The zero-order chi connectivity index (χ0) is 13.1. The molecule has 3 N–H and O–H groups in total. The highest BCUT2D eigenvalue weighted by Crippen LogP contribution is 2.13. The molecule has 4 nitrogen and oxygen atoms in total. The van der Waals surface area contributed by atoms with Crippen LogP contribution in [0.3, 0.4) is 0 Å². The number of benzene rings is 1. The molecular weight excluding hydrogens is 250 g/mol. The van der Waals surface area contributed by atoms with Crippen LogP contribution in [-0.4, -0.2) is 21.5 Å². The van der Waals surface area contributed by atoms with Crippen LogP contribution in [0.5, 0.6) is 0 Å². The van der Waals surface area contributed by atoms with Crippen molar-refractivity contribution in [1.29, 1.82) is 0 Å². The summed E-state index contributed by atoms with van der Waals surface area (Å²) >= 11 is 0. The van der Waals surface area contributed by atoms with Crippen molar-refractivity contribution < 1.29 is 17.2 Å². The van der Waals surface area contributed by atoms with E-state index < -0.39 is 21.7 Å². The van der Waals surface area contributed by atoms with Crippen LogP contribution in [-0.2, 0) is 10.0 Å². The molecule has 1 unspecified atom stereocenters. The van der Waals surface area contributed by atoms with E-state index >= 15 is 0 Å². The second-order valence-corrected chi connectivity index (χ2v) is 5.54. The van der Waals surface area contributed by atoms with E-state index in [-0.39, 0.29) is 17.4 Å². The van der Waals surface area contributed by atoms with Crippen molar-refractivity contribution in [2.45, 2.75) is 11.8 Å². The highest BCUT2D eigenvalue weighted by molar-refractivity contribution is 7.89. The minimum Gasteiger partial charge on any atom is -0.330 e. The maximum absolute atomic E-state index is 12.9. The predicted molar refractivity (Wildman–Crippen MR) is 59.8 cm³/mol. The van der Waals surface area contributed by atoms with Crippen molar-refractivity contribution in [3.05, 3.63) is 29.8 Å². The van der Waals surface area contributed by atoms with Crippen molar-refractivity contribution >= 4 is 10.0 Å². The standard InChI is InChI=1S/C10H14F2N2O2S/c1-7(5-13)6-14-17(15,16)8-2-3-9(11)10(12)4-8/h2-4,7,14H,5-6,13H2,1H3. The molecule has 0 saturated carbocycles. The Hall–Kier alpha value is -1.05. The second-order valence-electron chi connectivity index (χ2n) is 3.77. The molecule has 7 heteroatoms. The number of hydrogen-bond acceptors (Lipinski definition) is 3. The summed E-state index contributed by atoms with van der Waals surface area (Å²) < 4.78 is 51.2. The molecule has 0 aliphatic rings. The van der Waals surface area contributed by atoms with Gasteiger partial charge in [-0.05, 0) is 30.7 Å². The zero-order valence-corrected chi connectivity index (χ0v) is 10.1. The first-order chi connectivity index (χ1) is 7.86. The second kappa shape index (κ2) is 5.52. The largest absolute Gasteiger partial charge is 0.330 e. The molecule has 1 rings (SSSR count). The van der Waals surface area contributed by atoms with E-state index in [9.17, 15) is 17.2 Å². The fourth-order valence-corrected chi connectivity index (χ4v) is 2.24. The van der Waals surface area contributed by atoms with Crippen LogP contribution in [0.25, 0.3) is 0 Å². The summed E-state index contributed by atoms with van der Waals surface area (Å²) in [4.78, 5) is -0.305. The van der Waals surface area contributed by atoms with Gasteiger partial charge in [-0.15, -0.1) is 0 Å². The average molecular weight is 264 g/mol. The fourth-order valence-electron chi connectivity index (χ4n) is 1.06. The van der Waals surface area contributed by atoms with E-state index in [2.05, 4.69) is 4.72 Å². The maximum Gasteiger partial charge on any atom is 0.240 e. The lowest BCUT2D eigenvalue weighted by molar-refractivity contribution is 0.503. The van der Waals surface area contributed by atoms with Crippen molar-refractivity contribution in [3.63, 3.8) is 0 Å². The normalized spacial score (nSPS) is 13.6. The molecule has 0 radical (unpaired) electrons. The summed E-state index contributed by atoms with van der Waals surface area (Å²) in [7, 11) is -3.82. The molecule has 0 aromatic heterocycles. The first-order valence-corrected chi connectivity index (χ1v) is 6.50. The zero-order valence-electron chi connectivity index (χ0n) is 9.28. The van der Waals surface area contributed by atoms with Gasteiger partial charge in [-0.25, -0.2) is 21.9 Å². The van der Waals surface area contributed by atoms with Gasteiger partial charge in [-0.3, -0.25) is 0 Å². The summed E-state index contributed by atoms with van der Waals surface area (Å²) in [5.74, 6) is -2.31. The van der Waals surface area contributed by atoms with E-state index in [1.807, 2.05) is 0 Å². The highest BCUT2D eigenvalue weighted by atomic mass is 32.2. The van der Waals surface area contributed by atoms with Crippen LogP contribution in [0.1, 0.15) is 6.92 Å². The van der Waals surface area contributed by atoms with E-state index in [0.29, 0.717) is 12.6 Å². The van der Waals surface area contributed by atoms with Gasteiger partial charge in [-0.1, -0.05) is 6.92 Å². The number of hydrogen-bond donors (Lipinski definition) is 2. The van der Waals surface area contributed by atoms with Crippen LogP contribution in [0.4, 0.5) is 8.78 Å². The van der Waals surface area contributed by atoms with Gasteiger partial charge in [0.25, 0.3) is 0 Å². The molecule has 0 aliphatic carbocycles. The SMILES string of the molecule is CC(CN)CNS(=O)(=O)c1ccc(F)c(F)c1. The number of halogens is 2. The monoisotopic (exact) mass is 264 g/mol. The lowest BCUT2D eigenvalue weighted by Gasteiger charge is -2.10. The van der Waals surface area contributed by atoms with Crippen molar-refractivity contribution in [3.8, 4) is 0 Å². The third kappa shape index (κ3) is 3.72. The van der Waals surface area contributed by atoms with Crippen LogP contribution in [0.15, 0.2) is 23.1 Å². The Bertz CT molecular complexity index is 491. The number of sulfonamides is 1. The number of rotatable bonds is 5. The highest BCUT2D eigenvalue weighted by Gasteiger charge is 2.16. The molecule has 0 aliphatic heterocycles. The van der Waals surface area contributed by atoms with Crippen LogP contribution >= 0.6 is 0 Å². The lowest BCUT2D eigenvalue weighted by atomic mass is 10.2. The van der Waals surface area contributed by atoms with Gasteiger partial charge < -0.3 is 5.73 Å². The van der Waals surface area contributed by atoms with Gasteiger partial charge in [0, 0.05) is 6.54 Å². The van der Waals surface area contributed by atoms with E-state index in [4.69, 9.17) is 5.73 Å². The minimum atomic E-state index is -3.82. The molecule has 0 saturated heterocycles. The summed E-state index contributed by atoms with van der Waals surface area (Å²) in [5.41, 5.74) is 5.34. The van der Waals surface area contributed by atoms with Crippen LogP contribution < -0.4 is 10.5 Å². The number of nitrogens with one attached hydrogen (secondary N) is 1. The smallest absolute Gasteiger partial charge is 0.240 e. The van der Waals surface area contributed by atoms with Gasteiger partial charge in [0.05, 0.1) is 4.90 Å². The van der Waals surface area contributed by atoms with E-state index in [1.54, 1.807) is 6.92 Å². The molecule has 0 amide bonds. The molecule has 96 valence electrons. The van der Waals surface area contributed by atoms with Crippen molar-refractivity contribution in [2.75, 3.05) is 13.1 Å². The van der Waals surface area contributed by atoms with Gasteiger partial charge >= 0.3 is 0 Å². The van der Waals surface area contributed by atoms with E-state index in [0.717, 1.165) is 12.1 Å². The Morgan fingerprint density at radius 3 is 2.53 bits per heavy atom. The molecule has 0 heterocycles. The van der Waals surface area contributed by atoms with Gasteiger partial charge in [0.15, 0.2) is 11.6 Å². The topological polar surface area (TPSA) is 72.2 Å². The quantitative estimate of drug-likeness (QED) is 0.827. The Morgan fingerprint density at radius 2 is 2.00 bits per heavy atom. The minimum absolute atomic E-state index is 0.0323. The first-order valence-electron chi connectivity index (χ1n) is 5.01. The Kier molecular flexibility index (Phi) is 4.55. The average Bonchev–Trinajstić information content (AvgIpc) is 2.29. The van der Waals surface area contributed by atoms with Gasteiger partial charge in [-0.2, -0.15) is 0 Å². The molecule has 0 spiro atoms. The van der Waals surface area contributed by atoms with Crippen molar-refractivity contribution in [2.24, 2.45) is 11.7 Å². The molecular formula is C10H14F2N2O2S. The Morgan fingerprint density at radius 1 is 1.35 bits per heavy atom. The van der Waals surface area contributed by atoms with Crippen LogP contribution in [0, 0.1) is 17.6 Å². The van der Waals surface area contributed by atoms with E-state index in [1.165, 1.54) is 0 Å². The molecule has 17 heavy (non-hydrogen) atoms. The predicted octanol–water partition coefficient (Wildman–Crippen LogP) is 0.838. The lowest BCUT2D eigenvalue weighted by Crippen LogP contribution is -2.31. The molecule has 1 aromatic carbocycles. The molecule has 0 bridgehead atoms. The van der Waals surface area contributed by atoms with Gasteiger partial charge in [0.1, 0.15) is 0 Å². The Balaban J connectivity index is 2.86. The molecule has 1 atom stereocenters. The summed E-state index contributed by atoms with van der Waals surface area (Å²) in [6, 6.07) is 2.43. The summed E-state index contributed by atoms with van der Waals surface area (Å²) in [6.07, 6.45) is 0. The third-order valence-corrected chi connectivity index (χ3v) is 3.65. The molecule has 1 aromatic rings. The Labute approximate surface area is 98.9 Å². The van der Waals surface area contributed by atoms with Crippen LogP contribution in [0.2, 0.25) is 0 Å². The first kappa shape index (κ1) is 14.0.